The Hall–Kier alpha value is -3.33. The van der Waals surface area contributed by atoms with Crippen LogP contribution in [0, 0.1) is 0 Å². The maximum absolute atomic E-state index is 4.38. The minimum absolute atomic E-state index is 0.859. The van der Waals surface area contributed by atoms with Crippen molar-refractivity contribution >= 4 is 22.3 Å². The number of aromatic nitrogens is 2. The van der Waals surface area contributed by atoms with Crippen molar-refractivity contribution in [2.24, 2.45) is 7.05 Å². The fourth-order valence-corrected chi connectivity index (χ4v) is 3.77. The summed E-state index contributed by atoms with van der Waals surface area (Å²) in [5.74, 6) is 0. The van der Waals surface area contributed by atoms with Gasteiger partial charge in [-0.2, -0.15) is 0 Å². The number of benzene rings is 2. The van der Waals surface area contributed by atoms with Gasteiger partial charge in [0.2, 0.25) is 0 Å². The Morgan fingerprint density at radius 3 is 2.77 bits per heavy atom. The fourth-order valence-electron chi connectivity index (χ4n) is 3.77. The largest absolute Gasteiger partial charge is 0.350 e. The van der Waals surface area contributed by atoms with Gasteiger partial charge in [-0.3, -0.25) is 4.98 Å². The number of hydrogen-bond acceptors (Lipinski definition) is 2. The van der Waals surface area contributed by atoms with E-state index in [1.165, 1.54) is 33.3 Å². The molecule has 0 atom stereocenters. The predicted molar refractivity (Wildman–Crippen MR) is 108 cm³/mol. The highest BCUT2D eigenvalue weighted by Crippen LogP contribution is 2.38. The lowest BCUT2D eigenvalue weighted by Crippen LogP contribution is -2.12. The lowest BCUT2D eigenvalue weighted by atomic mass is 10.0. The molecule has 0 radical (unpaired) electrons. The van der Waals surface area contributed by atoms with Crippen LogP contribution < -0.4 is 4.90 Å². The Balaban J connectivity index is 1.54. The average molecular weight is 337 g/mol. The first kappa shape index (κ1) is 15.0. The predicted octanol–water partition coefficient (Wildman–Crippen LogP) is 5.23. The van der Waals surface area contributed by atoms with Gasteiger partial charge in [-0.25, -0.2) is 0 Å². The van der Waals surface area contributed by atoms with E-state index in [1.807, 2.05) is 12.3 Å². The lowest BCUT2D eigenvalue weighted by Gasteiger charge is -2.20. The highest BCUT2D eigenvalue weighted by Gasteiger charge is 2.24. The molecule has 2 aromatic heterocycles. The number of rotatable bonds is 2. The molecule has 1 aliphatic rings. The van der Waals surface area contributed by atoms with Crippen molar-refractivity contribution in [3.05, 3.63) is 90.9 Å². The molecule has 3 nitrogen and oxygen atoms in total. The molecule has 0 unspecified atom stereocenters. The van der Waals surface area contributed by atoms with E-state index in [0.29, 0.717) is 0 Å². The SMILES string of the molecule is C=C1c2cc(-c3cccnc3)ccc2CN1c1ccc2ccn(C)c2c1. The number of hydrogen-bond donors (Lipinski definition) is 0. The summed E-state index contributed by atoms with van der Waals surface area (Å²) < 4.78 is 2.16. The van der Waals surface area contributed by atoms with Crippen LogP contribution in [-0.2, 0) is 13.6 Å². The highest BCUT2D eigenvalue weighted by molar-refractivity contribution is 5.90. The van der Waals surface area contributed by atoms with E-state index in [-0.39, 0.29) is 0 Å². The molecule has 0 saturated carbocycles. The summed E-state index contributed by atoms with van der Waals surface area (Å²) >= 11 is 0. The number of nitrogens with zero attached hydrogens (tertiary/aromatic N) is 3. The lowest BCUT2D eigenvalue weighted by molar-refractivity contribution is 0.967. The molecule has 0 N–H and O–H groups in total. The molecule has 2 aromatic carbocycles. The summed E-state index contributed by atoms with van der Waals surface area (Å²) in [6.45, 7) is 5.24. The van der Waals surface area contributed by atoms with Gasteiger partial charge in [0.1, 0.15) is 0 Å². The van der Waals surface area contributed by atoms with E-state index >= 15 is 0 Å². The molecule has 0 saturated heterocycles. The second-order valence-electron chi connectivity index (χ2n) is 6.82. The second-order valence-corrected chi connectivity index (χ2v) is 6.82. The van der Waals surface area contributed by atoms with Gasteiger partial charge in [-0.1, -0.05) is 30.8 Å². The Bertz CT molecular complexity index is 1140. The van der Waals surface area contributed by atoms with Crippen LogP contribution in [0.2, 0.25) is 0 Å². The van der Waals surface area contributed by atoms with Gasteiger partial charge in [0, 0.05) is 60.2 Å². The van der Waals surface area contributed by atoms with Crippen LogP contribution in [0.15, 0.2) is 79.8 Å². The zero-order valence-corrected chi connectivity index (χ0v) is 14.7. The number of aryl methyl sites for hydroxylation is 1. The zero-order valence-electron chi connectivity index (χ0n) is 14.7. The van der Waals surface area contributed by atoms with Crippen molar-refractivity contribution in [2.45, 2.75) is 6.54 Å². The van der Waals surface area contributed by atoms with Crippen molar-refractivity contribution < 1.29 is 0 Å². The monoisotopic (exact) mass is 337 g/mol. The van der Waals surface area contributed by atoms with E-state index in [1.54, 1.807) is 6.20 Å². The smallest absolute Gasteiger partial charge is 0.0498 e. The Labute approximate surface area is 152 Å². The Morgan fingerprint density at radius 1 is 1.00 bits per heavy atom. The van der Waals surface area contributed by atoms with Gasteiger partial charge in [-0.15, -0.1) is 0 Å². The topological polar surface area (TPSA) is 21.1 Å². The maximum atomic E-state index is 4.38. The third-order valence-corrected chi connectivity index (χ3v) is 5.25. The van der Waals surface area contributed by atoms with Gasteiger partial charge in [0.15, 0.2) is 0 Å². The summed E-state index contributed by atoms with van der Waals surface area (Å²) in [4.78, 5) is 6.53. The normalized spacial score (nSPS) is 13.4. The molecule has 26 heavy (non-hydrogen) atoms. The van der Waals surface area contributed by atoms with E-state index in [9.17, 15) is 0 Å². The summed E-state index contributed by atoms with van der Waals surface area (Å²) in [6, 6.07) is 19.4. The van der Waals surface area contributed by atoms with E-state index < -0.39 is 0 Å². The summed E-state index contributed by atoms with van der Waals surface area (Å²) in [6.07, 6.45) is 5.81. The molecule has 1 aliphatic heterocycles. The van der Waals surface area contributed by atoms with Crippen molar-refractivity contribution in [2.75, 3.05) is 4.90 Å². The van der Waals surface area contributed by atoms with Gasteiger partial charge >= 0.3 is 0 Å². The maximum Gasteiger partial charge on any atom is 0.0498 e. The molecular formula is C23H19N3. The quantitative estimate of drug-likeness (QED) is 0.499. The molecule has 3 heterocycles. The minimum atomic E-state index is 0.859. The van der Waals surface area contributed by atoms with E-state index in [0.717, 1.165) is 17.8 Å². The van der Waals surface area contributed by atoms with Gasteiger partial charge in [-0.05, 0) is 46.8 Å². The average Bonchev–Trinajstić information content (AvgIpc) is 3.22. The minimum Gasteiger partial charge on any atom is -0.350 e. The third-order valence-electron chi connectivity index (χ3n) is 5.25. The van der Waals surface area contributed by atoms with Crippen LogP contribution in [0.5, 0.6) is 0 Å². The Kier molecular flexibility index (Phi) is 3.22. The van der Waals surface area contributed by atoms with Crippen LogP contribution in [0.3, 0.4) is 0 Å². The summed E-state index contributed by atoms with van der Waals surface area (Å²) in [5, 5.41) is 1.26. The van der Waals surface area contributed by atoms with Crippen LogP contribution in [0.4, 0.5) is 5.69 Å². The first-order valence-electron chi connectivity index (χ1n) is 8.76. The van der Waals surface area contributed by atoms with Crippen molar-refractivity contribution in [3.8, 4) is 11.1 Å². The fraction of sp³-hybridized carbons (Fsp3) is 0.0870. The second kappa shape index (κ2) is 5.60. The van der Waals surface area contributed by atoms with Gasteiger partial charge < -0.3 is 9.47 Å². The Morgan fingerprint density at radius 2 is 1.92 bits per heavy atom. The van der Waals surface area contributed by atoms with E-state index in [2.05, 4.69) is 82.8 Å². The molecule has 0 amide bonds. The van der Waals surface area contributed by atoms with E-state index in [4.69, 9.17) is 0 Å². The molecule has 4 aromatic rings. The molecule has 0 spiro atoms. The third kappa shape index (κ3) is 2.25. The summed E-state index contributed by atoms with van der Waals surface area (Å²) in [7, 11) is 2.08. The number of pyridine rings is 1. The van der Waals surface area contributed by atoms with Gasteiger partial charge in [0.05, 0.1) is 0 Å². The van der Waals surface area contributed by atoms with Crippen molar-refractivity contribution in [3.63, 3.8) is 0 Å². The van der Waals surface area contributed by atoms with Gasteiger partial charge in [0.25, 0.3) is 0 Å². The molecular weight excluding hydrogens is 318 g/mol. The van der Waals surface area contributed by atoms with Crippen LogP contribution >= 0.6 is 0 Å². The first-order valence-corrected chi connectivity index (χ1v) is 8.76. The molecule has 3 heteroatoms. The number of anilines is 1. The van der Waals surface area contributed by atoms with Crippen LogP contribution in [0.1, 0.15) is 11.1 Å². The first-order chi connectivity index (χ1) is 12.7. The van der Waals surface area contributed by atoms with Crippen molar-refractivity contribution in [1.82, 2.24) is 9.55 Å². The molecule has 0 fully saturated rings. The summed E-state index contributed by atoms with van der Waals surface area (Å²) in [5.41, 5.74) is 8.32. The van der Waals surface area contributed by atoms with Crippen LogP contribution in [-0.4, -0.2) is 9.55 Å². The zero-order chi connectivity index (χ0) is 17.7. The van der Waals surface area contributed by atoms with Crippen molar-refractivity contribution in [1.29, 1.82) is 0 Å². The standard InChI is InChI=1S/C23H19N3/c1-16-22-12-18(19-4-3-10-24-14-19)5-6-20(22)15-26(16)21-8-7-17-9-11-25(2)23(17)13-21/h3-14H,1,15H2,2H3. The number of fused-ring (bicyclic) bond motifs is 2. The molecule has 126 valence electrons. The van der Waals surface area contributed by atoms with Crippen LogP contribution in [0.25, 0.3) is 27.7 Å². The highest BCUT2D eigenvalue weighted by atomic mass is 15.2. The molecule has 0 bridgehead atoms. The molecule has 0 aliphatic carbocycles. The molecule has 5 rings (SSSR count).